The summed E-state index contributed by atoms with van der Waals surface area (Å²) in [4.78, 5) is 5.51. The highest BCUT2D eigenvalue weighted by Gasteiger charge is 2.08. The Morgan fingerprint density at radius 3 is 1.50 bits per heavy atom. The molecule has 0 aliphatic rings. The van der Waals surface area contributed by atoms with Crippen molar-refractivity contribution >= 4 is 11.4 Å². The highest BCUT2D eigenvalue weighted by Crippen LogP contribution is 2.36. The maximum absolute atomic E-state index is 8.52. The van der Waals surface area contributed by atoms with Crippen LogP contribution >= 0.6 is 0 Å². The van der Waals surface area contributed by atoms with Crippen LogP contribution in [0.1, 0.15) is 0 Å². The lowest BCUT2D eigenvalue weighted by molar-refractivity contribution is 0.415. The molecule has 8 heteroatoms. The van der Waals surface area contributed by atoms with Crippen molar-refractivity contribution < 1.29 is 9.47 Å². The molecule has 0 unspecified atom stereocenters. The van der Waals surface area contributed by atoms with Gasteiger partial charge in [-0.25, -0.2) is 0 Å². The Morgan fingerprint density at radius 2 is 1.18 bits per heavy atom. The van der Waals surface area contributed by atoms with Gasteiger partial charge in [0.1, 0.15) is 11.5 Å². The van der Waals surface area contributed by atoms with E-state index >= 15 is 0 Å². The molecule has 8 nitrogen and oxygen atoms in total. The van der Waals surface area contributed by atoms with Crippen LogP contribution < -0.4 is 9.47 Å². The first-order chi connectivity index (χ1) is 10.7. The smallest absolute Gasteiger partial charge is 0.129 e. The summed E-state index contributed by atoms with van der Waals surface area (Å²) in [5.74, 6) is 0.932. The van der Waals surface area contributed by atoms with Crippen molar-refractivity contribution in [3.63, 3.8) is 0 Å². The van der Waals surface area contributed by atoms with E-state index in [9.17, 15) is 0 Å². The molecule has 0 bridgehead atoms. The Labute approximate surface area is 126 Å². The second-order valence-electron chi connectivity index (χ2n) is 4.15. The Bertz CT molecular complexity index is 724. The van der Waals surface area contributed by atoms with Gasteiger partial charge in [-0.3, -0.25) is 0 Å². The van der Waals surface area contributed by atoms with E-state index in [0.29, 0.717) is 22.9 Å². The number of rotatable bonds is 5. The summed E-state index contributed by atoms with van der Waals surface area (Å²) in [5.41, 5.74) is 19.6. The van der Waals surface area contributed by atoms with Gasteiger partial charge in [-0.15, -0.1) is 0 Å². The third-order valence-electron chi connectivity index (χ3n) is 3.00. The van der Waals surface area contributed by atoms with Crippen molar-refractivity contribution in [1.82, 2.24) is 0 Å². The molecule has 0 atom stereocenters. The van der Waals surface area contributed by atoms with Crippen LogP contribution in [0.15, 0.2) is 46.6 Å². The van der Waals surface area contributed by atoms with Gasteiger partial charge in [-0.2, -0.15) is 0 Å². The molecule has 0 amide bonds. The number of azide groups is 2. The van der Waals surface area contributed by atoms with Crippen molar-refractivity contribution in [3.05, 3.63) is 57.3 Å². The number of ether oxygens (including phenoxy) is 2. The Hall–Kier alpha value is -3.34. The normalized spacial score (nSPS) is 9.36. The first kappa shape index (κ1) is 15.1. The largest absolute Gasteiger partial charge is 0.496 e. The topological polar surface area (TPSA) is 116 Å². The van der Waals surface area contributed by atoms with Crippen molar-refractivity contribution in [2.45, 2.75) is 0 Å². The van der Waals surface area contributed by atoms with Crippen LogP contribution in [-0.4, -0.2) is 14.2 Å². The zero-order valence-electron chi connectivity index (χ0n) is 12.0. The highest BCUT2D eigenvalue weighted by atomic mass is 16.5. The maximum Gasteiger partial charge on any atom is 0.129 e. The SMILES string of the molecule is COc1cc(-c2ccc(N=[N+]=[N-])c(OC)c2)ccc1N=[N+]=[N-]. The zero-order chi connectivity index (χ0) is 15.9. The third-order valence-corrected chi connectivity index (χ3v) is 3.00. The van der Waals surface area contributed by atoms with Gasteiger partial charge in [0.2, 0.25) is 0 Å². The predicted octanol–water partition coefficient (Wildman–Crippen LogP) is 5.25. The van der Waals surface area contributed by atoms with Gasteiger partial charge in [-0.1, -0.05) is 22.4 Å². The summed E-state index contributed by atoms with van der Waals surface area (Å²) in [6.45, 7) is 0. The summed E-state index contributed by atoms with van der Waals surface area (Å²) < 4.78 is 10.4. The average molecular weight is 296 g/mol. The number of methoxy groups -OCH3 is 2. The van der Waals surface area contributed by atoms with Crippen LogP contribution in [-0.2, 0) is 0 Å². The fraction of sp³-hybridized carbons (Fsp3) is 0.143. The second kappa shape index (κ2) is 6.90. The van der Waals surface area contributed by atoms with Crippen LogP contribution in [0.2, 0.25) is 0 Å². The molecule has 0 fully saturated rings. The molecule has 0 radical (unpaired) electrons. The molecule has 2 rings (SSSR count). The van der Waals surface area contributed by atoms with Crippen LogP contribution in [0.25, 0.3) is 32.0 Å². The van der Waals surface area contributed by atoms with Gasteiger partial charge in [-0.05, 0) is 46.5 Å². The van der Waals surface area contributed by atoms with Crippen molar-refractivity contribution in [2.24, 2.45) is 10.2 Å². The Balaban J connectivity index is 2.52. The number of nitrogens with zero attached hydrogens (tertiary/aromatic N) is 6. The lowest BCUT2D eigenvalue weighted by Gasteiger charge is -2.10. The highest BCUT2D eigenvalue weighted by molar-refractivity contribution is 5.73. The second-order valence-corrected chi connectivity index (χ2v) is 4.15. The van der Waals surface area contributed by atoms with E-state index in [4.69, 9.17) is 20.5 Å². The fourth-order valence-electron chi connectivity index (χ4n) is 1.98. The lowest BCUT2D eigenvalue weighted by atomic mass is 10.0. The minimum absolute atomic E-state index is 0.409. The maximum atomic E-state index is 8.52. The summed E-state index contributed by atoms with van der Waals surface area (Å²) in [6.07, 6.45) is 0. The molecule has 22 heavy (non-hydrogen) atoms. The lowest BCUT2D eigenvalue weighted by Crippen LogP contribution is -1.87. The quantitative estimate of drug-likeness (QED) is 0.425. The monoisotopic (exact) mass is 296 g/mol. The van der Waals surface area contributed by atoms with Crippen molar-refractivity contribution in [1.29, 1.82) is 0 Å². The summed E-state index contributed by atoms with van der Waals surface area (Å²) in [7, 11) is 3.00. The van der Waals surface area contributed by atoms with Crippen LogP contribution in [0.5, 0.6) is 11.5 Å². The zero-order valence-corrected chi connectivity index (χ0v) is 12.0. The van der Waals surface area contributed by atoms with E-state index in [0.717, 1.165) is 11.1 Å². The van der Waals surface area contributed by atoms with Gasteiger partial charge < -0.3 is 9.47 Å². The molecule has 0 aromatic heterocycles. The third kappa shape index (κ3) is 3.04. The molecule has 0 heterocycles. The molecular formula is C14H12N6O2. The van der Waals surface area contributed by atoms with E-state index in [2.05, 4.69) is 20.1 Å². The summed E-state index contributed by atoms with van der Waals surface area (Å²) >= 11 is 0. The molecule has 0 spiro atoms. The molecule has 0 saturated heterocycles. The molecule has 110 valence electrons. The molecule has 0 aliphatic heterocycles. The van der Waals surface area contributed by atoms with Gasteiger partial charge in [0.15, 0.2) is 0 Å². The summed E-state index contributed by atoms with van der Waals surface area (Å²) in [6, 6.07) is 10.4. The number of benzene rings is 2. The van der Waals surface area contributed by atoms with Gasteiger partial charge in [0.05, 0.1) is 25.6 Å². The van der Waals surface area contributed by atoms with Crippen LogP contribution in [0, 0.1) is 0 Å². The molecule has 0 aliphatic carbocycles. The van der Waals surface area contributed by atoms with Gasteiger partial charge in [0.25, 0.3) is 0 Å². The average Bonchev–Trinajstić information content (AvgIpc) is 2.56. The standard InChI is InChI=1S/C14H12N6O2/c1-21-13-7-9(3-5-11(13)17-19-15)10-4-6-12(18-20-16)14(8-10)22-2/h3-8H,1-2H3. The number of hydrogen-bond acceptors (Lipinski definition) is 4. The van der Waals surface area contributed by atoms with Crippen LogP contribution in [0.4, 0.5) is 11.4 Å². The minimum Gasteiger partial charge on any atom is -0.496 e. The predicted molar refractivity (Wildman–Crippen MR) is 82.6 cm³/mol. The Kier molecular flexibility index (Phi) is 4.72. The first-order valence-electron chi connectivity index (χ1n) is 6.20. The van der Waals surface area contributed by atoms with E-state index in [1.165, 1.54) is 14.2 Å². The van der Waals surface area contributed by atoms with Crippen molar-refractivity contribution in [3.8, 4) is 22.6 Å². The fourth-order valence-corrected chi connectivity index (χ4v) is 1.98. The van der Waals surface area contributed by atoms with Crippen molar-refractivity contribution in [2.75, 3.05) is 14.2 Å². The minimum atomic E-state index is 0.409. The number of hydrogen-bond donors (Lipinski definition) is 0. The first-order valence-corrected chi connectivity index (χ1v) is 6.20. The van der Waals surface area contributed by atoms with E-state index in [1.54, 1.807) is 36.4 Å². The molecule has 0 saturated carbocycles. The van der Waals surface area contributed by atoms with Gasteiger partial charge >= 0.3 is 0 Å². The molecular weight excluding hydrogens is 284 g/mol. The van der Waals surface area contributed by atoms with E-state index in [-0.39, 0.29) is 0 Å². The Morgan fingerprint density at radius 1 is 0.773 bits per heavy atom. The van der Waals surface area contributed by atoms with Gasteiger partial charge in [0, 0.05) is 9.82 Å². The van der Waals surface area contributed by atoms with E-state index in [1.807, 2.05) is 0 Å². The molecule has 2 aromatic rings. The molecule has 2 aromatic carbocycles. The summed E-state index contributed by atoms with van der Waals surface area (Å²) in [5, 5.41) is 7.12. The van der Waals surface area contributed by atoms with E-state index < -0.39 is 0 Å². The van der Waals surface area contributed by atoms with Crippen LogP contribution in [0.3, 0.4) is 0 Å². The molecule has 0 N–H and O–H groups in total.